The lowest BCUT2D eigenvalue weighted by molar-refractivity contribution is -0.133. The zero-order chi connectivity index (χ0) is 19.2. The van der Waals surface area contributed by atoms with Crippen molar-refractivity contribution in [2.45, 2.75) is 75.8 Å². The number of aromatic nitrogens is 2. The number of ether oxygens (including phenoxy) is 1. The van der Waals surface area contributed by atoms with Crippen molar-refractivity contribution in [2.24, 2.45) is 0 Å². The molecule has 0 unspecified atom stereocenters. The van der Waals surface area contributed by atoms with Crippen LogP contribution in [-0.2, 0) is 22.6 Å². The van der Waals surface area contributed by atoms with Crippen LogP contribution in [-0.4, -0.2) is 32.0 Å². The van der Waals surface area contributed by atoms with Crippen LogP contribution in [0.25, 0.3) is 10.2 Å². The van der Waals surface area contributed by atoms with E-state index in [1.807, 2.05) is 13.8 Å². The predicted octanol–water partition coefficient (Wildman–Crippen LogP) is 3.99. The number of rotatable bonds is 4. The SMILES string of the molecule is CC1(C)Cc2c(sc3c2c(=O)nc(SCC(=O)O)n3C2CCCCC2)CO1. The second-order valence-electron chi connectivity index (χ2n) is 7.95. The monoisotopic (exact) mass is 408 g/mol. The molecule has 0 amide bonds. The number of carboxylic acid groups (broad SMARTS) is 1. The summed E-state index contributed by atoms with van der Waals surface area (Å²) in [6, 6.07) is 0.277. The van der Waals surface area contributed by atoms with Crippen molar-refractivity contribution < 1.29 is 14.6 Å². The van der Waals surface area contributed by atoms with Gasteiger partial charge >= 0.3 is 5.97 Å². The smallest absolute Gasteiger partial charge is 0.313 e. The molecule has 0 radical (unpaired) electrons. The van der Waals surface area contributed by atoms with Crippen LogP contribution in [0, 0.1) is 0 Å². The Morgan fingerprint density at radius 2 is 2.11 bits per heavy atom. The maximum atomic E-state index is 12.9. The van der Waals surface area contributed by atoms with Crippen molar-refractivity contribution in [2.75, 3.05) is 5.75 Å². The predicted molar refractivity (Wildman–Crippen MR) is 107 cm³/mol. The number of hydrogen-bond acceptors (Lipinski definition) is 6. The number of hydrogen-bond donors (Lipinski definition) is 1. The number of nitrogens with zero attached hydrogens (tertiary/aromatic N) is 2. The molecule has 1 fully saturated rings. The summed E-state index contributed by atoms with van der Waals surface area (Å²) < 4.78 is 8.12. The Kier molecular flexibility index (Phi) is 5.07. The third-order valence-electron chi connectivity index (χ3n) is 5.37. The van der Waals surface area contributed by atoms with Gasteiger partial charge in [0.25, 0.3) is 5.56 Å². The molecule has 0 saturated heterocycles. The molecule has 27 heavy (non-hydrogen) atoms. The van der Waals surface area contributed by atoms with Crippen LogP contribution in [0.5, 0.6) is 0 Å². The molecule has 0 bridgehead atoms. The van der Waals surface area contributed by atoms with Gasteiger partial charge in [0.05, 0.1) is 23.3 Å². The van der Waals surface area contributed by atoms with Gasteiger partial charge in [-0.15, -0.1) is 11.3 Å². The average molecular weight is 409 g/mol. The minimum Gasteiger partial charge on any atom is -0.481 e. The second kappa shape index (κ2) is 7.22. The van der Waals surface area contributed by atoms with Gasteiger partial charge in [-0.3, -0.25) is 9.59 Å². The van der Waals surface area contributed by atoms with Gasteiger partial charge < -0.3 is 14.4 Å². The number of fused-ring (bicyclic) bond motifs is 3. The lowest BCUT2D eigenvalue weighted by atomic mass is 9.94. The van der Waals surface area contributed by atoms with E-state index in [-0.39, 0.29) is 23.0 Å². The van der Waals surface area contributed by atoms with E-state index < -0.39 is 5.97 Å². The van der Waals surface area contributed by atoms with Gasteiger partial charge in [-0.2, -0.15) is 4.98 Å². The van der Waals surface area contributed by atoms with Crippen molar-refractivity contribution in [3.63, 3.8) is 0 Å². The molecule has 8 heteroatoms. The summed E-state index contributed by atoms with van der Waals surface area (Å²) in [6.45, 7) is 4.61. The van der Waals surface area contributed by atoms with E-state index in [4.69, 9.17) is 9.84 Å². The molecule has 1 aliphatic carbocycles. The Labute approximate surface area is 165 Å². The quantitative estimate of drug-likeness (QED) is 0.608. The molecule has 0 atom stereocenters. The highest BCUT2D eigenvalue weighted by molar-refractivity contribution is 7.99. The maximum Gasteiger partial charge on any atom is 0.313 e. The molecule has 146 valence electrons. The van der Waals surface area contributed by atoms with Crippen molar-refractivity contribution in [3.8, 4) is 0 Å². The van der Waals surface area contributed by atoms with E-state index in [0.717, 1.165) is 58.1 Å². The van der Waals surface area contributed by atoms with E-state index in [1.54, 1.807) is 11.3 Å². The van der Waals surface area contributed by atoms with E-state index in [9.17, 15) is 9.59 Å². The van der Waals surface area contributed by atoms with E-state index >= 15 is 0 Å². The van der Waals surface area contributed by atoms with E-state index in [1.165, 1.54) is 6.42 Å². The van der Waals surface area contributed by atoms with Gasteiger partial charge in [-0.05, 0) is 32.3 Å². The summed E-state index contributed by atoms with van der Waals surface area (Å²) >= 11 is 2.77. The molecule has 0 aromatic carbocycles. The lowest BCUT2D eigenvalue weighted by Crippen LogP contribution is -2.31. The Hall–Kier alpha value is -1.38. The zero-order valence-electron chi connectivity index (χ0n) is 15.6. The summed E-state index contributed by atoms with van der Waals surface area (Å²) in [6.07, 6.45) is 6.33. The minimum absolute atomic E-state index is 0.0914. The van der Waals surface area contributed by atoms with Crippen molar-refractivity contribution in [1.29, 1.82) is 0 Å². The first-order chi connectivity index (χ1) is 12.9. The van der Waals surface area contributed by atoms with Crippen LogP contribution < -0.4 is 5.56 Å². The summed E-state index contributed by atoms with van der Waals surface area (Å²) in [5, 5.41) is 10.4. The Morgan fingerprint density at radius 1 is 1.37 bits per heavy atom. The standard InChI is InChI=1S/C19H24N2O4S2/c1-19(2)8-12-13(9-25-19)27-17-15(12)16(24)20-18(26-10-14(22)23)21(17)11-6-4-3-5-7-11/h11H,3-10H2,1-2H3,(H,22,23). The molecule has 4 rings (SSSR count). The van der Waals surface area contributed by atoms with E-state index in [2.05, 4.69) is 9.55 Å². The summed E-state index contributed by atoms with van der Waals surface area (Å²) in [7, 11) is 0. The zero-order valence-corrected chi connectivity index (χ0v) is 17.3. The van der Waals surface area contributed by atoms with Gasteiger partial charge in [0.1, 0.15) is 4.83 Å². The van der Waals surface area contributed by atoms with Crippen molar-refractivity contribution >= 4 is 39.3 Å². The normalized spacial score (nSPS) is 19.9. The lowest BCUT2D eigenvalue weighted by Gasteiger charge is -2.30. The summed E-state index contributed by atoms with van der Waals surface area (Å²) in [4.78, 5) is 30.4. The highest BCUT2D eigenvalue weighted by atomic mass is 32.2. The first kappa shape index (κ1) is 19.0. The number of carbonyl (C=O) groups is 1. The fraction of sp³-hybridized carbons (Fsp3) is 0.632. The average Bonchev–Trinajstić information content (AvgIpc) is 2.98. The molecule has 2 aromatic rings. The Bertz CT molecular complexity index is 941. The van der Waals surface area contributed by atoms with Crippen LogP contribution in [0.2, 0.25) is 0 Å². The van der Waals surface area contributed by atoms with Gasteiger partial charge in [0.2, 0.25) is 0 Å². The molecule has 2 aromatic heterocycles. The Balaban J connectivity index is 1.90. The van der Waals surface area contributed by atoms with Gasteiger partial charge in [-0.25, -0.2) is 0 Å². The first-order valence-corrected chi connectivity index (χ1v) is 11.2. The molecule has 1 saturated carbocycles. The minimum atomic E-state index is -0.898. The molecule has 1 aliphatic heterocycles. The molecular formula is C19H24N2O4S2. The van der Waals surface area contributed by atoms with Crippen LogP contribution in [0.1, 0.15) is 62.4 Å². The number of carboxylic acids is 1. The van der Waals surface area contributed by atoms with Gasteiger partial charge in [-0.1, -0.05) is 31.0 Å². The fourth-order valence-corrected chi connectivity index (χ4v) is 6.23. The third-order valence-corrected chi connectivity index (χ3v) is 7.51. The summed E-state index contributed by atoms with van der Waals surface area (Å²) in [5.74, 6) is -0.989. The Morgan fingerprint density at radius 3 is 2.81 bits per heavy atom. The molecule has 3 heterocycles. The first-order valence-electron chi connectivity index (χ1n) is 9.41. The van der Waals surface area contributed by atoms with Crippen LogP contribution in [0.15, 0.2) is 9.95 Å². The number of thiophene rings is 1. The largest absolute Gasteiger partial charge is 0.481 e. The molecule has 6 nitrogen and oxygen atoms in total. The van der Waals surface area contributed by atoms with Crippen molar-refractivity contribution in [1.82, 2.24) is 9.55 Å². The van der Waals surface area contributed by atoms with Crippen LogP contribution >= 0.6 is 23.1 Å². The second-order valence-corrected chi connectivity index (χ2v) is 9.98. The topological polar surface area (TPSA) is 81.4 Å². The fourth-order valence-electron chi connectivity index (χ4n) is 4.10. The third kappa shape index (κ3) is 3.67. The van der Waals surface area contributed by atoms with Crippen LogP contribution in [0.4, 0.5) is 0 Å². The summed E-state index contributed by atoms with van der Waals surface area (Å²) in [5.41, 5.74) is 0.545. The van der Waals surface area contributed by atoms with Gasteiger partial charge in [0.15, 0.2) is 5.16 Å². The van der Waals surface area contributed by atoms with E-state index in [0.29, 0.717) is 18.2 Å². The molecular weight excluding hydrogens is 384 g/mol. The number of thioether (sulfide) groups is 1. The maximum absolute atomic E-state index is 12.9. The van der Waals surface area contributed by atoms with Crippen molar-refractivity contribution in [3.05, 3.63) is 20.8 Å². The highest BCUT2D eigenvalue weighted by Crippen LogP contribution is 2.41. The number of aliphatic carboxylic acids is 1. The highest BCUT2D eigenvalue weighted by Gasteiger charge is 2.32. The molecule has 2 aliphatic rings. The van der Waals surface area contributed by atoms with Gasteiger partial charge in [0, 0.05) is 17.3 Å². The van der Waals surface area contributed by atoms with Crippen LogP contribution in [0.3, 0.4) is 0 Å². The molecule has 0 spiro atoms. The molecule has 1 N–H and O–H groups in total.